The van der Waals surface area contributed by atoms with E-state index in [4.69, 9.17) is 13.9 Å². The predicted octanol–water partition coefficient (Wildman–Crippen LogP) is 7.28. The molecule has 3 aromatic carbocycles. The van der Waals surface area contributed by atoms with Gasteiger partial charge in [0.05, 0.1) is 18.8 Å². The van der Waals surface area contributed by atoms with Crippen molar-refractivity contribution in [3.63, 3.8) is 0 Å². The van der Waals surface area contributed by atoms with E-state index in [1.165, 1.54) is 0 Å². The van der Waals surface area contributed by atoms with Crippen LogP contribution in [0.1, 0.15) is 35.7 Å². The molecule has 32 heavy (non-hydrogen) atoms. The number of fused-ring (bicyclic) bond motifs is 1. The van der Waals surface area contributed by atoms with E-state index in [2.05, 4.69) is 22.9 Å². The lowest BCUT2D eigenvalue weighted by molar-refractivity contribution is 0.104. The van der Waals surface area contributed by atoms with Gasteiger partial charge in [0.25, 0.3) is 0 Å². The van der Waals surface area contributed by atoms with Crippen molar-refractivity contribution in [2.45, 2.75) is 19.8 Å². The minimum Gasteiger partial charge on any atom is -0.494 e. The molecule has 0 spiro atoms. The van der Waals surface area contributed by atoms with Crippen LogP contribution in [0.4, 0.5) is 0 Å². The van der Waals surface area contributed by atoms with E-state index in [0.717, 1.165) is 40.6 Å². The van der Waals surface area contributed by atoms with Crippen molar-refractivity contribution in [1.82, 2.24) is 0 Å². The molecule has 164 valence electrons. The monoisotopic (exact) mass is 492 g/mol. The zero-order valence-corrected chi connectivity index (χ0v) is 19.6. The standard InChI is InChI=1S/C27H25BrO4/c1-2-3-17-30-21-12-8-19(9-13-21)26(29)25-23-6-4-5-7-24(23)32-27(25)20-10-14-22(15-11-20)31-18-16-28/h4-15H,2-3,16-18H2,1H3. The number of carbonyl (C=O) groups excluding carboxylic acids is 1. The number of unbranched alkanes of at least 4 members (excludes halogenated alkanes) is 1. The summed E-state index contributed by atoms with van der Waals surface area (Å²) in [6.45, 7) is 3.39. The van der Waals surface area contributed by atoms with Crippen LogP contribution in [-0.4, -0.2) is 24.3 Å². The van der Waals surface area contributed by atoms with Crippen molar-refractivity contribution >= 4 is 32.7 Å². The van der Waals surface area contributed by atoms with Crippen molar-refractivity contribution < 1.29 is 18.7 Å². The largest absolute Gasteiger partial charge is 0.494 e. The van der Waals surface area contributed by atoms with E-state index in [-0.39, 0.29) is 5.78 Å². The number of rotatable bonds is 10. The van der Waals surface area contributed by atoms with Crippen LogP contribution in [0.2, 0.25) is 0 Å². The summed E-state index contributed by atoms with van der Waals surface area (Å²) >= 11 is 3.36. The highest BCUT2D eigenvalue weighted by Gasteiger charge is 2.23. The van der Waals surface area contributed by atoms with Crippen LogP contribution in [0.3, 0.4) is 0 Å². The maximum absolute atomic E-state index is 13.6. The van der Waals surface area contributed by atoms with E-state index in [9.17, 15) is 4.79 Å². The average molecular weight is 493 g/mol. The van der Waals surface area contributed by atoms with Crippen LogP contribution >= 0.6 is 15.9 Å². The molecule has 4 rings (SSSR count). The second-order valence-corrected chi connectivity index (χ2v) is 8.21. The summed E-state index contributed by atoms with van der Waals surface area (Å²) in [6.07, 6.45) is 2.08. The molecular weight excluding hydrogens is 468 g/mol. The minimum absolute atomic E-state index is 0.0790. The summed E-state index contributed by atoms with van der Waals surface area (Å²) in [7, 11) is 0. The number of alkyl halides is 1. The van der Waals surface area contributed by atoms with Crippen molar-refractivity contribution in [1.29, 1.82) is 0 Å². The summed E-state index contributed by atoms with van der Waals surface area (Å²) in [5.41, 5.74) is 2.67. The van der Waals surface area contributed by atoms with Gasteiger partial charge in [-0.2, -0.15) is 0 Å². The number of para-hydroxylation sites is 1. The zero-order chi connectivity index (χ0) is 22.3. The molecule has 0 atom stereocenters. The fourth-order valence-electron chi connectivity index (χ4n) is 3.51. The number of hydrogen-bond acceptors (Lipinski definition) is 4. The van der Waals surface area contributed by atoms with Gasteiger partial charge in [0, 0.05) is 21.8 Å². The van der Waals surface area contributed by atoms with Crippen LogP contribution in [0.15, 0.2) is 77.2 Å². The third-order valence-electron chi connectivity index (χ3n) is 5.17. The van der Waals surface area contributed by atoms with Crippen LogP contribution < -0.4 is 9.47 Å². The molecule has 0 aliphatic heterocycles. The Morgan fingerprint density at radius 1 is 0.875 bits per heavy atom. The van der Waals surface area contributed by atoms with Gasteiger partial charge in [-0.3, -0.25) is 4.79 Å². The van der Waals surface area contributed by atoms with Gasteiger partial charge in [-0.25, -0.2) is 0 Å². The van der Waals surface area contributed by atoms with Crippen LogP contribution in [0.5, 0.6) is 11.5 Å². The highest BCUT2D eigenvalue weighted by atomic mass is 79.9. The molecule has 0 bridgehead atoms. The SMILES string of the molecule is CCCCOc1ccc(C(=O)c2c(-c3ccc(OCCBr)cc3)oc3ccccc23)cc1. The Morgan fingerprint density at radius 3 is 2.22 bits per heavy atom. The van der Waals surface area contributed by atoms with Crippen LogP contribution in [-0.2, 0) is 0 Å². The first-order valence-electron chi connectivity index (χ1n) is 10.8. The van der Waals surface area contributed by atoms with Gasteiger partial charge in [-0.15, -0.1) is 0 Å². The Morgan fingerprint density at radius 2 is 1.53 bits per heavy atom. The van der Waals surface area contributed by atoms with Gasteiger partial charge >= 0.3 is 0 Å². The lowest BCUT2D eigenvalue weighted by Gasteiger charge is -2.08. The van der Waals surface area contributed by atoms with Crippen molar-refractivity contribution in [2.24, 2.45) is 0 Å². The maximum Gasteiger partial charge on any atom is 0.197 e. The molecule has 0 unspecified atom stereocenters. The summed E-state index contributed by atoms with van der Waals surface area (Å²) in [5.74, 6) is 2.03. The molecule has 1 heterocycles. The molecule has 1 aromatic heterocycles. The van der Waals surface area contributed by atoms with E-state index in [0.29, 0.717) is 35.7 Å². The number of ketones is 1. The lowest BCUT2D eigenvalue weighted by atomic mass is 9.97. The molecule has 0 aliphatic carbocycles. The molecule has 4 aromatic rings. The van der Waals surface area contributed by atoms with E-state index in [1.807, 2.05) is 72.8 Å². The van der Waals surface area contributed by atoms with Gasteiger partial charge in [0.1, 0.15) is 22.8 Å². The fraction of sp³-hybridized carbons (Fsp3) is 0.222. The maximum atomic E-state index is 13.6. The number of furan rings is 1. The third kappa shape index (κ3) is 4.89. The topological polar surface area (TPSA) is 48.7 Å². The summed E-state index contributed by atoms with van der Waals surface area (Å²) in [6, 6.07) is 22.6. The summed E-state index contributed by atoms with van der Waals surface area (Å²) in [4.78, 5) is 13.6. The predicted molar refractivity (Wildman–Crippen MR) is 131 cm³/mol. The van der Waals surface area contributed by atoms with E-state index in [1.54, 1.807) is 0 Å². The molecule has 4 nitrogen and oxygen atoms in total. The first-order valence-corrected chi connectivity index (χ1v) is 11.9. The number of carbonyl (C=O) groups is 1. The average Bonchev–Trinajstić information content (AvgIpc) is 3.23. The van der Waals surface area contributed by atoms with Crippen LogP contribution in [0, 0.1) is 0 Å². The third-order valence-corrected chi connectivity index (χ3v) is 5.49. The van der Waals surface area contributed by atoms with Gasteiger partial charge in [-0.05, 0) is 61.0 Å². The molecule has 0 fully saturated rings. The number of halogens is 1. The molecule has 0 saturated heterocycles. The second kappa shape index (κ2) is 10.5. The summed E-state index contributed by atoms with van der Waals surface area (Å²) in [5, 5.41) is 1.56. The lowest BCUT2D eigenvalue weighted by Crippen LogP contribution is -2.03. The molecule has 0 radical (unpaired) electrons. The fourth-order valence-corrected chi connectivity index (χ4v) is 3.68. The highest BCUT2D eigenvalue weighted by molar-refractivity contribution is 9.09. The Bertz CT molecular complexity index is 1180. The van der Waals surface area contributed by atoms with Crippen molar-refractivity contribution in [3.05, 3.63) is 83.9 Å². The first-order chi connectivity index (χ1) is 15.7. The zero-order valence-electron chi connectivity index (χ0n) is 18.0. The van der Waals surface area contributed by atoms with E-state index < -0.39 is 0 Å². The van der Waals surface area contributed by atoms with Crippen molar-refractivity contribution in [3.8, 4) is 22.8 Å². The number of benzene rings is 3. The van der Waals surface area contributed by atoms with Crippen molar-refractivity contribution in [2.75, 3.05) is 18.5 Å². The van der Waals surface area contributed by atoms with Gasteiger partial charge in [0.2, 0.25) is 0 Å². The Hall–Kier alpha value is -3.05. The van der Waals surface area contributed by atoms with Gasteiger partial charge in [-0.1, -0.05) is 47.5 Å². The van der Waals surface area contributed by atoms with Gasteiger partial charge < -0.3 is 13.9 Å². The van der Waals surface area contributed by atoms with Crippen LogP contribution in [0.25, 0.3) is 22.3 Å². The second-order valence-electron chi connectivity index (χ2n) is 7.42. The Balaban J connectivity index is 1.68. The number of ether oxygens (including phenoxy) is 2. The number of hydrogen-bond donors (Lipinski definition) is 0. The highest BCUT2D eigenvalue weighted by Crippen LogP contribution is 2.36. The molecule has 0 N–H and O–H groups in total. The first kappa shape index (κ1) is 22.2. The molecular formula is C27H25BrO4. The van der Waals surface area contributed by atoms with E-state index >= 15 is 0 Å². The summed E-state index contributed by atoms with van der Waals surface area (Å²) < 4.78 is 17.5. The Labute approximate surface area is 196 Å². The molecule has 0 aliphatic rings. The minimum atomic E-state index is -0.0790. The smallest absolute Gasteiger partial charge is 0.197 e. The molecule has 5 heteroatoms. The Kier molecular flexibility index (Phi) is 7.28. The molecule has 0 saturated carbocycles. The quantitative estimate of drug-likeness (QED) is 0.132. The molecule has 0 amide bonds. The normalized spacial score (nSPS) is 10.9. The van der Waals surface area contributed by atoms with Gasteiger partial charge in [0.15, 0.2) is 5.78 Å².